The molecule has 2 rings (SSSR count). The largest absolute Gasteiger partial charge is 0.354 e. The van der Waals surface area contributed by atoms with E-state index in [0.717, 1.165) is 25.1 Å². The predicted molar refractivity (Wildman–Crippen MR) is 78.2 cm³/mol. The van der Waals surface area contributed by atoms with Gasteiger partial charge in [-0.25, -0.2) is 13.8 Å². The van der Waals surface area contributed by atoms with Crippen molar-refractivity contribution in [3.63, 3.8) is 0 Å². The molecule has 7 heteroatoms. The summed E-state index contributed by atoms with van der Waals surface area (Å²) in [7, 11) is 0. The number of aromatic nitrogens is 2. The van der Waals surface area contributed by atoms with Gasteiger partial charge in [0.1, 0.15) is 5.82 Å². The monoisotopic (exact) mass is 342 g/mol. The lowest BCUT2D eigenvalue weighted by atomic mass is 10.3. The van der Waals surface area contributed by atoms with Crippen LogP contribution in [0.3, 0.4) is 0 Å². The standard InChI is InChI=1S/C13H13BrF2N4/c1-2-5-17-13-18-7-9(14)12(20-13)19-8-3-4-10(15)11(16)6-8/h3-4,6-7H,2,5H2,1H3,(H2,17,18,19,20). The second-order valence-corrected chi connectivity index (χ2v) is 4.93. The summed E-state index contributed by atoms with van der Waals surface area (Å²) >= 11 is 3.31. The summed E-state index contributed by atoms with van der Waals surface area (Å²) in [4.78, 5) is 8.37. The molecule has 1 heterocycles. The molecule has 2 aromatic rings. The molecular formula is C13H13BrF2N4. The molecule has 0 aliphatic carbocycles. The zero-order chi connectivity index (χ0) is 14.5. The van der Waals surface area contributed by atoms with Crippen LogP contribution in [0.4, 0.5) is 26.2 Å². The van der Waals surface area contributed by atoms with Crippen LogP contribution in [0, 0.1) is 11.6 Å². The van der Waals surface area contributed by atoms with Crippen molar-refractivity contribution in [2.75, 3.05) is 17.2 Å². The van der Waals surface area contributed by atoms with E-state index in [4.69, 9.17) is 0 Å². The molecule has 0 bridgehead atoms. The summed E-state index contributed by atoms with van der Waals surface area (Å²) in [5, 5.41) is 5.96. The highest BCUT2D eigenvalue weighted by atomic mass is 79.9. The third-order valence-electron chi connectivity index (χ3n) is 2.46. The zero-order valence-electron chi connectivity index (χ0n) is 10.8. The lowest BCUT2D eigenvalue weighted by Gasteiger charge is -2.10. The Labute approximate surface area is 123 Å². The first kappa shape index (κ1) is 14.6. The van der Waals surface area contributed by atoms with Gasteiger partial charge in [-0.2, -0.15) is 4.98 Å². The van der Waals surface area contributed by atoms with E-state index in [9.17, 15) is 8.78 Å². The highest BCUT2D eigenvalue weighted by molar-refractivity contribution is 9.10. The second kappa shape index (κ2) is 6.60. The minimum atomic E-state index is -0.912. The Balaban J connectivity index is 2.20. The first-order valence-electron chi connectivity index (χ1n) is 6.08. The van der Waals surface area contributed by atoms with Gasteiger partial charge in [0, 0.05) is 24.5 Å². The van der Waals surface area contributed by atoms with Crippen LogP contribution in [0.5, 0.6) is 0 Å². The number of benzene rings is 1. The number of halogens is 3. The molecule has 0 fully saturated rings. The second-order valence-electron chi connectivity index (χ2n) is 4.07. The minimum Gasteiger partial charge on any atom is -0.354 e. The van der Waals surface area contributed by atoms with Crippen LogP contribution in [0.2, 0.25) is 0 Å². The number of hydrogen-bond acceptors (Lipinski definition) is 4. The van der Waals surface area contributed by atoms with Crippen molar-refractivity contribution in [3.05, 3.63) is 40.5 Å². The third kappa shape index (κ3) is 3.63. The molecule has 0 aliphatic rings. The summed E-state index contributed by atoms with van der Waals surface area (Å²) in [6, 6.07) is 3.57. The summed E-state index contributed by atoms with van der Waals surface area (Å²) in [6.45, 7) is 2.79. The van der Waals surface area contributed by atoms with E-state index in [1.807, 2.05) is 6.92 Å². The van der Waals surface area contributed by atoms with E-state index in [0.29, 0.717) is 21.9 Å². The molecule has 0 aliphatic heterocycles. The van der Waals surface area contributed by atoms with Crippen molar-refractivity contribution >= 4 is 33.4 Å². The van der Waals surface area contributed by atoms with Gasteiger partial charge in [-0.1, -0.05) is 6.92 Å². The Morgan fingerprint density at radius 2 is 2.05 bits per heavy atom. The maximum Gasteiger partial charge on any atom is 0.224 e. The SMILES string of the molecule is CCCNc1ncc(Br)c(Nc2ccc(F)c(F)c2)n1. The Hall–Kier alpha value is -1.76. The fourth-order valence-electron chi connectivity index (χ4n) is 1.49. The Bertz CT molecular complexity index is 607. The van der Waals surface area contributed by atoms with E-state index in [-0.39, 0.29) is 0 Å². The third-order valence-corrected chi connectivity index (χ3v) is 3.04. The zero-order valence-corrected chi connectivity index (χ0v) is 12.3. The summed E-state index contributed by atoms with van der Waals surface area (Å²) in [5.74, 6) is -0.850. The molecule has 0 saturated heterocycles. The summed E-state index contributed by atoms with van der Waals surface area (Å²) in [5.41, 5.74) is 0.407. The van der Waals surface area contributed by atoms with Crippen molar-refractivity contribution in [1.82, 2.24) is 9.97 Å². The summed E-state index contributed by atoms with van der Waals surface area (Å²) < 4.78 is 26.7. The van der Waals surface area contributed by atoms with Gasteiger partial charge in [0.25, 0.3) is 0 Å². The molecule has 1 aromatic heterocycles. The van der Waals surface area contributed by atoms with Gasteiger partial charge < -0.3 is 10.6 Å². The van der Waals surface area contributed by atoms with E-state index < -0.39 is 11.6 Å². The van der Waals surface area contributed by atoms with Gasteiger partial charge in [-0.15, -0.1) is 0 Å². The smallest absolute Gasteiger partial charge is 0.224 e. The van der Waals surface area contributed by atoms with Crippen LogP contribution < -0.4 is 10.6 Å². The fraction of sp³-hybridized carbons (Fsp3) is 0.231. The van der Waals surface area contributed by atoms with Crippen LogP contribution in [0.15, 0.2) is 28.9 Å². The molecule has 106 valence electrons. The van der Waals surface area contributed by atoms with E-state index in [2.05, 4.69) is 36.5 Å². The number of hydrogen-bond donors (Lipinski definition) is 2. The first-order chi connectivity index (χ1) is 9.60. The Kier molecular flexibility index (Phi) is 4.84. The lowest BCUT2D eigenvalue weighted by Crippen LogP contribution is -2.06. The molecule has 0 unspecified atom stereocenters. The van der Waals surface area contributed by atoms with Crippen molar-refractivity contribution in [1.29, 1.82) is 0 Å². The first-order valence-corrected chi connectivity index (χ1v) is 6.88. The quantitative estimate of drug-likeness (QED) is 0.859. The molecule has 0 amide bonds. The van der Waals surface area contributed by atoms with Gasteiger partial charge in [0.05, 0.1) is 4.47 Å². The van der Waals surface area contributed by atoms with Gasteiger partial charge in [-0.05, 0) is 34.5 Å². The van der Waals surface area contributed by atoms with Gasteiger partial charge in [-0.3, -0.25) is 0 Å². The van der Waals surface area contributed by atoms with Gasteiger partial charge >= 0.3 is 0 Å². The highest BCUT2D eigenvalue weighted by Crippen LogP contribution is 2.25. The van der Waals surface area contributed by atoms with Crippen molar-refractivity contribution in [2.45, 2.75) is 13.3 Å². The van der Waals surface area contributed by atoms with Crippen LogP contribution >= 0.6 is 15.9 Å². The Morgan fingerprint density at radius 1 is 1.25 bits per heavy atom. The molecule has 2 N–H and O–H groups in total. The van der Waals surface area contributed by atoms with Crippen molar-refractivity contribution < 1.29 is 8.78 Å². The molecule has 20 heavy (non-hydrogen) atoms. The predicted octanol–water partition coefficient (Wildman–Crippen LogP) is 4.08. The maximum atomic E-state index is 13.2. The van der Waals surface area contributed by atoms with Crippen LogP contribution in [-0.4, -0.2) is 16.5 Å². The average Bonchev–Trinajstić information content (AvgIpc) is 2.44. The number of rotatable bonds is 5. The average molecular weight is 343 g/mol. The lowest BCUT2D eigenvalue weighted by molar-refractivity contribution is 0.509. The van der Waals surface area contributed by atoms with Crippen molar-refractivity contribution in [3.8, 4) is 0 Å². The maximum absolute atomic E-state index is 13.2. The van der Waals surface area contributed by atoms with Gasteiger partial charge in [0.15, 0.2) is 11.6 Å². The number of nitrogens with one attached hydrogen (secondary N) is 2. The molecular weight excluding hydrogens is 330 g/mol. The molecule has 0 radical (unpaired) electrons. The van der Waals surface area contributed by atoms with Crippen LogP contribution in [0.25, 0.3) is 0 Å². The molecule has 0 spiro atoms. The van der Waals surface area contributed by atoms with Crippen molar-refractivity contribution in [2.24, 2.45) is 0 Å². The topological polar surface area (TPSA) is 49.8 Å². The molecule has 4 nitrogen and oxygen atoms in total. The molecule has 0 atom stereocenters. The van der Waals surface area contributed by atoms with E-state index >= 15 is 0 Å². The number of nitrogens with zero attached hydrogens (tertiary/aromatic N) is 2. The van der Waals surface area contributed by atoms with Crippen LogP contribution in [-0.2, 0) is 0 Å². The minimum absolute atomic E-state index is 0.407. The normalized spacial score (nSPS) is 10.4. The Morgan fingerprint density at radius 3 is 2.75 bits per heavy atom. The van der Waals surface area contributed by atoms with E-state index in [1.54, 1.807) is 6.20 Å². The van der Waals surface area contributed by atoms with Gasteiger partial charge in [0.2, 0.25) is 5.95 Å². The highest BCUT2D eigenvalue weighted by Gasteiger charge is 2.07. The molecule has 0 saturated carbocycles. The fourth-order valence-corrected chi connectivity index (χ4v) is 1.78. The van der Waals surface area contributed by atoms with E-state index in [1.165, 1.54) is 6.07 Å². The summed E-state index contributed by atoms with van der Waals surface area (Å²) in [6.07, 6.45) is 2.54. The molecule has 1 aromatic carbocycles. The van der Waals surface area contributed by atoms with Crippen LogP contribution in [0.1, 0.15) is 13.3 Å². The number of anilines is 3.